The third kappa shape index (κ3) is 56.0. The topological polar surface area (TPSA) is 78.9 Å². The summed E-state index contributed by atoms with van der Waals surface area (Å²) >= 11 is 0. The van der Waals surface area contributed by atoms with Crippen molar-refractivity contribution in [1.82, 2.24) is 0 Å². The van der Waals surface area contributed by atoms with Crippen LogP contribution in [-0.2, 0) is 28.6 Å². The largest absolute Gasteiger partial charge is 0.462 e. The molecule has 0 aromatic heterocycles. The van der Waals surface area contributed by atoms with E-state index in [0.29, 0.717) is 19.3 Å². The summed E-state index contributed by atoms with van der Waals surface area (Å²) < 4.78 is 16.9. The molecule has 0 amide bonds. The molecule has 0 spiro atoms. The van der Waals surface area contributed by atoms with Crippen LogP contribution in [0.4, 0.5) is 0 Å². The maximum Gasteiger partial charge on any atom is 0.306 e. The van der Waals surface area contributed by atoms with E-state index in [1.807, 2.05) is 0 Å². The number of hydrogen-bond donors (Lipinski definition) is 0. The molecule has 70 heavy (non-hydrogen) atoms. The van der Waals surface area contributed by atoms with E-state index in [0.717, 1.165) is 83.5 Å². The summed E-state index contributed by atoms with van der Waals surface area (Å²) in [5.74, 6) is -0.888. The molecule has 1 atom stereocenters. The lowest BCUT2D eigenvalue weighted by Gasteiger charge is -2.18. The fourth-order valence-electron chi connectivity index (χ4n) is 8.62. The summed E-state index contributed by atoms with van der Waals surface area (Å²) in [5, 5.41) is 0. The average molecular weight is 980 g/mol. The first-order valence-corrected chi connectivity index (χ1v) is 30.3. The molecule has 0 bridgehead atoms. The van der Waals surface area contributed by atoms with Crippen molar-refractivity contribution in [2.75, 3.05) is 13.2 Å². The summed E-state index contributed by atoms with van der Waals surface area (Å²) in [6.07, 6.45) is 73.5. The molecule has 0 unspecified atom stereocenters. The van der Waals surface area contributed by atoms with Gasteiger partial charge in [-0.25, -0.2) is 0 Å². The van der Waals surface area contributed by atoms with Gasteiger partial charge in [0.2, 0.25) is 0 Å². The molecule has 0 saturated heterocycles. The molecule has 6 nitrogen and oxygen atoms in total. The van der Waals surface area contributed by atoms with E-state index < -0.39 is 6.10 Å². The van der Waals surface area contributed by atoms with Crippen LogP contribution < -0.4 is 0 Å². The highest BCUT2D eigenvalue weighted by Crippen LogP contribution is 2.16. The lowest BCUT2D eigenvalue weighted by Crippen LogP contribution is -2.30. The molecule has 0 aromatic carbocycles. The fourth-order valence-corrected chi connectivity index (χ4v) is 8.62. The number of rotatable bonds is 55. The predicted octanol–water partition coefficient (Wildman–Crippen LogP) is 20.4. The van der Waals surface area contributed by atoms with Gasteiger partial charge in [0.05, 0.1) is 0 Å². The summed E-state index contributed by atoms with van der Waals surface area (Å²) in [6.45, 7) is 6.60. The number of carbonyl (C=O) groups excluding carboxylic acids is 3. The molecular weight excluding hydrogens is 865 g/mol. The number of unbranched alkanes of at least 4 members (excludes halogenated alkanes) is 34. The minimum absolute atomic E-state index is 0.0811. The Morgan fingerprint density at radius 2 is 0.514 bits per heavy atom. The number of allylic oxidation sites excluding steroid dienone is 10. The lowest BCUT2D eigenvalue weighted by molar-refractivity contribution is -0.167. The molecule has 0 aliphatic rings. The molecular formula is C64H114O6. The van der Waals surface area contributed by atoms with Crippen LogP contribution in [0.2, 0.25) is 0 Å². The Labute approximate surface area is 434 Å². The van der Waals surface area contributed by atoms with Gasteiger partial charge in [0.15, 0.2) is 6.10 Å². The Kier molecular flexibility index (Phi) is 56.3. The van der Waals surface area contributed by atoms with Gasteiger partial charge in [0, 0.05) is 19.3 Å². The van der Waals surface area contributed by atoms with Gasteiger partial charge in [-0.3, -0.25) is 14.4 Å². The van der Waals surface area contributed by atoms with Crippen molar-refractivity contribution >= 4 is 17.9 Å². The SMILES string of the molecule is CCCCC/C=C\C/C=C\CCCCCCCCCCCC(=O)OC[C@@H](COC(=O)CCCCCCC/C=C\CCCCCCCCC)OC(=O)CCCCCCCCC/C=C\C/C=C\CCCCC. The average Bonchev–Trinajstić information content (AvgIpc) is 3.36. The molecule has 406 valence electrons. The van der Waals surface area contributed by atoms with Gasteiger partial charge in [-0.05, 0) is 109 Å². The third-order valence-electron chi connectivity index (χ3n) is 13.2. The smallest absolute Gasteiger partial charge is 0.306 e. The standard InChI is InChI=1S/C64H114O6/c1-4-7-10-13-16-19-22-25-28-31-32-34-36-39-42-45-48-51-54-57-63(66)69-60-61(59-68-62(65)56-53-50-47-44-41-38-35-30-27-24-21-18-15-12-9-6-3)70-64(67)58-55-52-49-46-43-40-37-33-29-26-23-20-17-14-11-8-5-2/h16-17,19-20,25-26,28-30,35,61H,4-15,18,21-24,27,31-34,36-60H2,1-3H3/b19-16-,20-17-,28-25-,29-26-,35-30-/t61-/m1/s1. The van der Waals surface area contributed by atoms with Crippen LogP contribution in [0.1, 0.15) is 310 Å². The summed E-state index contributed by atoms with van der Waals surface area (Å²) in [5.41, 5.74) is 0. The second-order valence-corrected chi connectivity index (χ2v) is 20.2. The van der Waals surface area contributed by atoms with Gasteiger partial charge in [0.25, 0.3) is 0 Å². The highest BCUT2D eigenvalue weighted by molar-refractivity contribution is 5.71. The first kappa shape index (κ1) is 67.1. The maximum absolute atomic E-state index is 12.9. The van der Waals surface area contributed by atoms with Crippen molar-refractivity contribution in [1.29, 1.82) is 0 Å². The van der Waals surface area contributed by atoms with Gasteiger partial charge < -0.3 is 14.2 Å². The number of carbonyl (C=O) groups is 3. The minimum Gasteiger partial charge on any atom is -0.462 e. The highest BCUT2D eigenvalue weighted by atomic mass is 16.6. The molecule has 0 heterocycles. The zero-order chi connectivity index (χ0) is 50.7. The summed E-state index contributed by atoms with van der Waals surface area (Å²) in [7, 11) is 0. The Balaban J connectivity index is 4.39. The van der Waals surface area contributed by atoms with Crippen LogP contribution in [0.15, 0.2) is 60.8 Å². The van der Waals surface area contributed by atoms with E-state index in [9.17, 15) is 14.4 Å². The van der Waals surface area contributed by atoms with E-state index in [1.165, 1.54) is 186 Å². The second kappa shape index (κ2) is 58.7. The second-order valence-electron chi connectivity index (χ2n) is 20.2. The van der Waals surface area contributed by atoms with Gasteiger partial charge in [-0.15, -0.1) is 0 Å². The van der Waals surface area contributed by atoms with E-state index >= 15 is 0 Å². The van der Waals surface area contributed by atoms with Crippen molar-refractivity contribution in [3.05, 3.63) is 60.8 Å². The van der Waals surface area contributed by atoms with Crippen LogP contribution in [0.3, 0.4) is 0 Å². The van der Waals surface area contributed by atoms with E-state index in [2.05, 4.69) is 81.5 Å². The fraction of sp³-hybridized carbons (Fsp3) is 0.797. The van der Waals surface area contributed by atoms with Crippen LogP contribution in [0, 0.1) is 0 Å². The molecule has 0 rings (SSSR count). The molecule has 0 aliphatic carbocycles. The lowest BCUT2D eigenvalue weighted by atomic mass is 10.1. The first-order valence-electron chi connectivity index (χ1n) is 30.3. The van der Waals surface area contributed by atoms with Gasteiger partial charge >= 0.3 is 17.9 Å². The van der Waals surface area contributed by atoms with Gasteiger partial charge in [-0.1, -0.05) is 242 Å². The van der Waals surface area contributed by atoms with Gasteiger partial charge in [-0.2, -0.15) is 0 Å². The van der Waals surface area contributed by atoms with Crippen molar-refractivity contribution in [3.8, 4) is 0 Å². The number of hydrogen-bond acceptors (Lipinski definition) is 6. The predicted molar refractivity (Wildman–Crippen MR) is 302 cm³/mol. The van der Waals surface area contributed by atoms with Crippen LogP contribution >= 0.6 is 0 Å². The molecule has 0 fully saturated rings. The Bertz CT molecular complexity index is 1260. The normalized spacial score (nSPS) is 12.4. The molecule has 0 aliphatic heterocycles. The third-order valence-corrected chi connectivity index (χ3v) is 13.2. The van der Waals surface area contributed by atoms with Crippen LogP contribution in [-0.4, -0.2) is 37.2 Å². The van der Waals surface area contributed by atoms with Crippen molar-refractivity contribution in [2.45, 2.75) is 316 Å². The minimum atomic E-state index is -0.784. The molecule has 0 saturated carbocycles. The Morgan fingerprint density at radius 1 is 0.286 bits per heavy atom. The summed E-state index contributed by atoms with van der Waals surface area (Å²) in [4.78, 5) is 38.2. The van der Waals surface area contributed by atoms with Crippen molar-refractivity contribution < 1.29 is 28.6 Å². The Morgan fingerprint density at radius 3 is 0.829 bits per heavy atom. The first-order chi connectivity index (χ1) is 34.5. The van der Waals surface area contributed by atoms with Crippen LogP contribution in [0.25, 0.3) is 0 Å². The zero-order valence-corrected chi connectivity index (χ0v) is 46.5. The number of ether oxygens (including phenoxy) is 3. The van der Waals surface area contributed by atoms with E-state index in [-0.39, 0.29) is 31.1 Å². The zero-order valence-electron chi connectivity index (χ0n) is 46.5. The van der Waals surface area contributed by atoms with E-state index in [1.54, 1.807) is 0 Å². The van der Waals surface area contributed by atoms with Crippen molar-refractivity contribution in [2.24, 2.45) is 0 Å². The van der Waals surface area contributed by atoms with Crippen molar-refractivity contribution in [3.63, 3.8) is 0 Å². The molecule has 6 heteroatoms. The monoisotopic (exact) mass is 979 g/mol. The van der Waals surface area contributed by atoms with Crippen LogP contribution in [0.5, 0.6) is 0 Å². The highest BCUT2D eigenvalue weighted by Gasteiger charge is 2.19. The van der Waals surface area contributed by atoms with Gasteiger partial charge in [0.1, 0.15) is 13.2 Å². The molecule has 0 N–H and O–H groups in total. The number of esters is 3. The maximum atomic E-state index is 12.9. The quantitative estimate of drug-likeness (QED) is 0.0261. The molecule has 0 radical (unpaired) electrons. The Hall–Kier alpha value is -2.89. The molecule has 0 aromatic rings. The van der Waals surface area contributed by atoms with E-state index in [4.69, 9.17) is 14.2 Å². The summed E-state index contributed by atoms with van der Waals surface area (Å²) in [6, 6.07) is 0.